The van der Waals surface area contributed by atoms with Gasteiger partial charge in [0.05, 0.1) is 0 Å². The summed E-state index contributed by atoms with van der Waals surface area (Å²) in [5.41, 5.74) is 5.52. The van der Waals surface area contributed by atoms with Gasteiger partial charge in [-0.25, -0.2) is 13.4 Å². The van der Waals surface area contributed by atoms with Crippen molar-refractivity contribution in [1.82, 2.24) is 18.8 Å². The lowest BCUT2D eigenvalue weighted by Gasteiger charge is -2.33. The minimum atomic E-state index is -3.47. The smallest absolute Gasteiger partial charge is 0.262 e. The molecule has 2 rings (SSSR count). The van der Waals surface area contributed by atoms with Crippen molar-refractivity contribution < 1.29 is 8.42 Å². The lowest BCUT2D eigenvalue weighted by atomic mass is 10.3. The van der Waals surface area contributed by atoms with Gasteiger partial charge in [-0.2, -0.15) is 4.31 Å². The Labute approximate surface area is 120 Å². The van der Waals surface area contributed by atoms with Crippen LogP contribution in [-0.4, -0.2) is 66.4 Å². The van der Waals surface area contributed by atoms with E-state index >= 15 is 0 Å². The number of hydrogen-bond acceptors (Lipinski definition) is 5. The summed E-state index contributed by atoms with van der Waals surface area (Å²) in [6.07, 6.45) is 1.62. The van der Waals surface area contributed by atoms with Crippen molar-refractivity contribution in [2.75, 3.05) is 39.3 Å². The predicted molar refractivity (Wildman–Crippen MR) is 76.9 cm³/mol. The molecule has 0 unspecified atom stereocenters. The molecule has 2 N–H and O–H groups in total. The van der Waals surface area contributed by atoms with Crippen LogP contribution >= 0.6 is 0 Å². The van der Waals surface area contributed by atoms with Crippen LogP contribution in [0.1, 0.15) is 12.7 Å². The fourth-order valence-electron chi connectivity index (χ4n) is 2.43. The van der Waals surface area contributed by atoms with E-state index < -0.39 is 10.0 Å². The standard InChI is InChI=1S/C12H23N5O2S/c1-3-16-10-12(14-11(16)2)20(18,19)17-8-6-15(5-4-13)7-9-17/h10H,3-9,13H2,1-2H3. The highest BCUT2D eigenvalue weighted by Crippen LogP contribution is 2.17. The van der Waals surface area contributed by atoms with Crippen molar-refractivity contribution in [1.29, 1.82) is 0 Å². The minimum Gasteiger partial charge on any atom is -0.334 e. The van der Waals surface area contributed by atoms with Gasteiger partial charge in [-0.15, -0.1) is 0 Å². The van der Waals surface area contributed by atoms with Crippen LogP contribution in [0, 0.1) is 6.92 Å². The van der Waals surface area contributed by atoms with E-state index in [9.17, 15) is 8.42 Å². The van der Waals surface area contributed by atoms with Gasteiger partial charge in [0.25, 0.3) is 10.0 Å². The number of aryl methyl sites for hydroxylation is 2. The van der Waals surface area contributed by atoms with Gasteiger partial charge in [0.1, 0.15) is 5.82 Å². The van der Waals surface area contributed by atoms with Gasteiger partial charge in [0.15, 0.2) is 5.03 Å². The lowest BCUT2D eigenvalue weighted by Crippen LogP contribution is -2.49. The van der Waals surface area contributed by atoms with E-state index in [0.717, 1.165) is 32.0 Å². The fourth-order valence-corrected chi connectivity index (χ4v) is 3.85. The summed E-state index contributed by atoms with van der Waals surface area (Å²) >= 11 is 0. The number of imidazole rings is 1. The van der Waals surface area contributed by atoms with Gasteiger partial charge in [-0.05, 0) is 13.8 Å². The Bertz CT molecular complexity index is 546. The molecule has 114 valence electrons. The second-order valence-electron chi connectivity index (χ2n) is 4.95. The predicted octanol–water partition coefficient (Wildman–Crippen LogP) is -0.524. The summed E-state index contributed by atoms with van der Waals surface area (Å²) in [6.45, 7) is 8.38. The van der Waals surface area contributed by atoms with Crippen LogP contribution in [0.25, 0.3) is 0 Å². The fraction of sp³-hybridized carbons (Fsp3) is 0.750. The van der Waals surface area contributed by atoms with Gasteiger partial charge in [-0.3, -0.25) is 4.90 Å². The summed E-state index contributed by atoms with van der Waals surface area (Å²) in [5, 5.41) is 0.157. The number of hydrogen-bond donors (Lipinski definition) is 1. The second-order valence-corrected chi connectivity index (χ2v) is 6.83. The Kier molecular flexibility index (Phi) is 4.79. The molecule has 0 aromatic carbocycles. The number of nitrogens with two attached hydrogens (primary N) is 1. The van der Waals surface area contributed by atoms with E-state index in [1.807, 2.05) is 18.4 Å². The summed E-state index contributed by atoms with van der Waals surface area (Å²) in [4.78, 5) is 6.37. The molecule has 8 heteroatoms. The third-order valence-corrected chi connectivity index (χ3v) is 5.45. The van der Waals surface area contributed by atoms with Gasteiger partial charge < -0.3 is 10.3 Å². The summed E-state index contributed by atoms with van der Waals surface area (Å²) in [6, 6.07) is 0. The first-order valence-corrected chi connectivity index (χ1v) is 8.39. The van der Waals surface area contributed by atoms with Crippen LogP contribution in [0.5, 0.6) is 0 Å². The molecule has 0 atom stereocenters. The molecular weight excluding hydrogens is 278 g/mol. The highest BCUT2D eigenvalue weighted by Gasteiger charge is 2.30. The Hall–Kier alpha value is -0.960. The molecule has 1 aliphatic heterocycles. The molecule has 0 radical (unpaired) electrons. The average Bonchev–Trinajstić information content (AvgIpc) is 2.82. The molecule has 1 aliphatic rings. The van der Waals surface area contributed by atoms with Crippen LogP contribution in [0.4, 0.5) is 0 Å². The first-order chi connectivity index (χ1) is 9.48. The van der Waals surface area contributed by atoms with Crippen LogP contribution < -0.4 is 5.73 Å². The number of rotatable bonds is 5. The molecule has 20 heavy (non-hydrogen) atoms. The molecule has 0 spiro atoms. The molecule has 1 aromatic rings. The Morgan fingerprint density at radius 1 is 1.30 bits per heavy atom. The normalized spacial score (nSPS) is 18.6. The molecule has 1 aromatic heterocycles. The number of aromatic nitrogens is 2. The summed E-state index contributed by atoms with van der Waals surface area (Å²) in [5.74, 6) is 0.729. The Morgan fingerprint density at radius 2 is 1.95 bits per heavy atom. The Morgan fingerprint density at radius 3 is 2.45 bits per heavy atom. The summed E-state index contributed by atoms with van der Waals surface area (Å²) in [7, 11) is -3.47. The van der Waals surface area contributed by atoms with Crippen molar-refractivity contribution in [3.05, 3.63) is 12.0 Å². The maximum atomic E-state index is 12.5. The maximum absolute atomic E-state index is 12.5. The molecule has 1 saturated heterocycles. The molecule has 2 heterocycles. The summed E-state index contributed by atoms with van der Waals surface area (Å²) < 4.78 is 28.4. The largest absolute Gasteiger partial charge is 0.334 e. The Balaban J connectivity index is 2.11. The maximum Gasteiger partial charge on any atom is 0.262 e. The molecule has 0 bridgehead atoms. The quantitative estimate of drug-likeness (QED) is 0.791. The van der Waals surface area contributed by atoms with Gasteiger partial charge in [0, 0.05) is 52.0 Å². The number of sulfonamides is 1. The van der Waals surface area contributed by atoms with Crippen molar-refractivity contribution in [3.63, 3.8) is 0 Å². The molecule has 0 amide bonds. The minimum absolute atomic E-state index is 0.157. The molecule has 0 saturated carbocycles. The number of piperazine rings is 1. The lowest BCUT2D eigenvalue weighted by molar-refractivity contribution is 0.192. The van der Waals surface area contributed by atoms with E-state index in [4.69, 9.17) is 5.73 Å². The first-order valence-electron chi connectivity index (χ1n) is 6.95. The topological polar surface area (TPSA) is 84.5 Å². The SMILES string of the molecule is CCn1cc(S(=O)(=O)N2CCN(CCN)CC2)nc1C. The van der Waals surface area contributed by atoms with Crippen LogP contribution in [0.2, 0.25) is 0 Å². The van der Waals surface area contributed by atoms with Crippen molar-refractivity contribution >= 4 is 10.0 Å². The highest BCUT2D eigenvalue weighted by atomic mass is 32.2. The monoisotopic (exact) mass is 301 g/mol. The zero-order chi connectivity index (χ0) is 14.8. The molecule has 0 aliphatic carbocycles. The highest BCUT2D eigenvalue weighted by molar-refractivity contribution is 7.89. The van der Waals surface area contributed by atoms with Crippen LogP contribution in [-0.2, 0) is 16.6 Å². The third-order valence-electron chi connectivity index (χ3n) is 3.68. The first kappa shape index (κ1) is 15.4. The van der Waals surface area contributed by atoms with Crippen molar-refractivity contribution in [2.24, 2.45) is 5.73 Å². The zero-order valence-electron chi connectivity index (χ0n) is 12.1. The van der Waals surface area contributed by atoms with E-state index in [-0.39, 0.29) is 5.03 Å². The second kappa shape index (κ2) is 6.21. The van der Waals surface area contributed by atoms with Crippen LogP contribution in [0.3, 0.4) is 0 Å². The average molecular weight is 301 g/mol. The molecule has 7 nitrogen and oxygen atoms in total. The van der Waals surface area contributed by atoms with E-state index in [0.29, 0.717) is 19.6 Å². The van der Waals surface area contributed by atoms with Crippen LogP contribution in [0.15, 0.2) is 11.2 Å². The van der Waals surface area contributed by atoms with Gasteiger partial charge >= 0.3 is 0 Å². The number of nitrogens with zero attached hydrogens (tertiary/aromatic N) is 4. The zero-order valence-corrected chi connectivity index (χ0v) is 12.9. The van der Waals surface area contributed by atoms with E-state index in [1.54, 1.807) is 6.20 Å². The van der Waals surface area contributed by atoms with Crippen molar-refractivity contribution in [3.8, 4) is 0 Å². The van der Waals surface area contributed by atoms with E-state index in [1.165, 1.54) is 4.31 Å². The molecule has 1 fully saturated rings. The van der Waals surface area contributed by atoms with Gasteiger partial charge in [0.2, 0.25) is 0 Å². The van der Waals surface area contributed by atoms with Gasteiger partial charge in [-0.1, -0.05) is 0 Å². The molecular formula is C12H23N5O2S. The van der Waals surface area contributed by atoms with Crippen molar-refractivity contribution in [2.45, 2.75) is 25.4 Å². The van der Waals surface area contributed by atoms with E-state index in [2.05, 4.69) is 9.88 Å². The third kappa shape index (κ3) is 3.03.